The van der Waals surface area contributed by atoms with Gasteiger partial charge < -0.3 is 10.2 Å². The SMILES string of the molecule is Cc1ccccc1CN(Cc1cccnc1)C(=S)Nc1ccc(Br)cc1. The first-order valence-corrected chi connectivity index (χ1v) is 9.57. The van der Waals surface area contributed by atoms with Gasteiger partial charge in [-0.05, 0) is 66.2 Å². The van der Waals surface area contributed by atoms with Crippen molar-refractivity contribution in [3.63, 3.8) is 0 Å². The molecule has 5 heteroatoms. The third-order valence-corrected chi connectivity index (χ3v) is 4.99. The topological polar surface area (TPSA) is 28.2 Å². The second-order valence-electron chi connectivity index (χ2n) is 6.08. The number of anilines is 1. The quantitative estimate of drug-likeness (QED) is 0.542. The predicted molar refractivity (Wildman–Crippen MR) is 115 cm³/mol. The Kier molecular flexibility index (Phi) is 6.36. The lowest BCUT2D eigenvalue weighted by Gasteiger charge is -2.27. The Bertz CT molecular complexity index is 866. The molecule has 0 radical (unpaired) electrons. The molecule has 132 valence electrons. The number of benzene rings is 2. The van der Waals surface area contributed by atoms with Crippen molar-refractivity contribution < 1.29 is 0 Å². The first-order valence-electron chi connectivity index (χ1n) is 8.37. The molecular formula is C21H20BrN3S. The van der Waals surface area contributed by atoms with Crippen LogP contribution in [-0.4, -0.2) is 15.0 Å². The molecule has 3 nitrogen and oxygen atoms in total. The number of hydrogen-bond acceptors (Lipinski definition) is 2. The van der Waals surface area contributed by atoms with Gasteiger partial charge in [-0.15, -0.1) is 0 Å². The highest BCUT2D eigenvalue weighted by Crippen LogP contribution is 2.17. The molecule has 0 atom stereocenters. The Morgan fingerprint density at radius 3 is 2.50 bits per heavy atom. The lowest BCUT2D eigenvalue weighted by Crippen LogP contribution is -2.34. The summed E-state index contributed by atoms with van der Waals surface area (Å²) in [5.74, 6) is 0. The van der Waals surface area contributed by atoms with Crippen LogP contribution in [0.4, 0.5) is 5.69 Å². The maximum Gasteiger partial charge on any atom is 0.174 e. The molecule has 0 saturated carbocycles. The summed E-state index contributed by atoms with van der Waals surface area (Å²) in [5, 5.41) is 4.04. The summed E-state index contributed by atoms with van der Waals surface area (Å²) in [5.41, 5.74) is 4.62. The first-order chi connectivity index (χ1) is 12.6. The van der Waals surface area contributed by atoms with Gasteiger partial charge in [-0.25, -0.2) is 0 Å². The predicted octanol–water partition coefficient (Wildman–Crippen LogP) is 5.55. The van der Waals surface area contributed by atoms with Crippen LogP contribution in [0.3, 0.4) is 0 Å². The largest absolute Gasteiger partial charge is 0.340 e. The van der Waals surface area contributed by atoms with Gasteiger partial charge in [0.1, 0.15) is 0 Å². The van der Waals surface area contributed by atoms with Crippen LogP contribution in [0, 0.1) is 6.92 Å². The van der Waals surface area contributed by atoms with Gasteiger partial charge in [-0.3, -0.25) is 4.98 Å². The minimum atomic E-state index is 0.694. The zero-order valence-corrected chi connectivity index (χ0v) is 16.9. The third kappa shape index (κ3) is 5.13. The Hall–Kier alpha value is -2.24. The van der Waals surface area contributed by atoms with Gasteiger partial charge in [-0.2, -0.15) is 0 Å². The highest BCUT2D eigenvalue weighted by molar-refractivity contribution is 9.10. The fraction of sp³-hybridized carbons (Fsp3) is 0.143. The summed E-state index contributed by atoms with van der Waals surface area (Å²) in [6.07, 6.45) is 3.67. The van der Waals surface area contributed by atoms with Crippen molar-refractivity contribution in [2.45, 2.75) is 20.0 Å². The van der Waals surface area contributed by atoms with Crippen LogP contribution in [0.5, 0.6) is 0 Å². The Morgan fingerprint density at radius 2 is 1.81 bits per heavy atom. The van der Waals surface area contributed by atoms with E-state index in [4.69, 9.17) is 12.2 Å². The number of halogens is 1. The van der Waals surface area contributed by atoms with Gasteiger partial charge >= 0.3 is 0 Å². The van der Waals surface area contributed by atoms with E-state index in [9.17, 15) is 0 Å². The van der Waals surface area contributed by atoms with Gasteiger partial charge in [0, 0.05) is 35.6 Å². The molecule has 0 aliphatic carbocycles. The van der Waals surface area contributed by atoms with Gasteiger partial charge in [0.15, 0.2) is 5.11 Å². The van der Waals surface area contributed by atoms with Gasteiger partial charge in [-0.1, -0.05) is 46.3 Å². The van der Waals surface area contributed by atoms with E-state index in [1.54, 1.807) is 6.20 Å². The summed E-state index contributed by atoms with van der Waals surface area (Å²) in [7, 11) is 0. The summed E-state index contributed by atoms with van der Waals surface area (Å²) < 4.78 is 1.04. The number of rotatable bonds is 5. The van der Waals surface area contributed by atoms with Gasteiger partial charge in [0.05, 0.1) is 0 Å². The van der Waals surface area contributed by atoms with Crippen molar-refractivity contribution in [2.24, 2.45) is 0 Å². The van der Waals surface area contributed by atoms with Crippen LogP contribution in [0.2, 0.25) is 0 Å². The highest BCUT2D eigenvalue weighted by atomic mass is 79.9. The fourth-order valence-electron chi connectivity index (χ4n) is 2.64. The van der Waals surface area contributed by atoms with Gasteiger partial charge in [0.25, 0.3) is 0 Å². The van der Waals surface area contributed by atoms with Gasteiger partial charge in [0.2, 0.25) is 0 Å². The number of pyridine rings is 1. The molecule has 0 amide bonds. The monoisotopic (exact) mass is 425 g/mol. The maximum atomic E-state index is 5.71. The van der Waals surface area contributed by atoms with E-state index in [1.165, 1.54) is 11.1 Å². The van der Waals surface area contributed by atoms with E-state index in [0.29, 0.717) is 11.7 Å². The van der Waals surface area contributed by atoms with E-state index in [-0.39, 0.29) is 0 Å². The molecule has 0 fully saturated rings. The lowest BCUT2D eigenvalue weighted by atomic mass is 10.1. The lowest BCUT2D eigenvalue weighted by molar-refractivity contribution is 0.411. The Balaban J connectivity index is 1.80. The van der Waals surface area contributed by atoms with Crippen molar-refractivity contribution >= 4 is 38.9 Å². The molecule has 1 heterocycles. The average Bonchev–Trinajstić information content (AvgIpc) is 2.65. The molecule has 0 bridgehead atoms. The van der Waals surface area contributed by atoms with Crippen LogP contribution >= 0.6 is 28.1 Å². The first kappa shape index (κ1) is 18.5. The summed E-state index contributed by atoms with van der Waals surface area (Å²) >= 11 is 9.17. The molecule has 2 aromatic carbocycles. The molecule has 0 spiro atoms. The Morgan fingerprint density at radius 1 is 1.04 bits per heavy atom. The van der Waals surface area contributed by atoms with Crippen LogP contribution in [0.1, 0.15) is 16.7 Å². The number of aryl methyl sites for hydroxylation is 1. The van der Waals surface area contributed by atoms with Crippen molar-refractivity contribution in [3.05, 3.63) is 94.2 Å². The van der Waals surface area contributed by atoms with E-state index in [1.807, 2.05) is 36.5 Å². The van der Waals surface area contributed by atoms with Crippen LogP contribution in [-0.2, 0) is 13.1 Å². The van der Waals surface area contributed by atoms with E-state index in [0.717, 1.165) is 22.3 Å². The molecule has 1 N–H and O–H groups in total. The summed E-state index contributed by atoms with van der Waals surface area (Å²) in [6.45, 7) is 3.57. The van der Waals surface area contributed by atoms with Crippen LogP contribution < -0.4 is 5.32 Å². The van der Waals surface area contributed by atoms with E-state index >= 15 is 0 Å². The average molecular weight is 426 g/mol. The second kappa shape index (κ2) is 8.92. The van der Waals surface area contributed by atoms with Crippen molar-refractivity contribution in [1.82, 2.24) is 9.88 Å². The number of nitrogens with one attached hydrogen (secondary N) is 1. The molecular weight excluding hydrogens is 406 g/mol. The maximum absolute atomic E-state index is 5.71. The molecule has 1 aromatic heterocycles. The molecule has 3 aromatic rings. The van der Waals surface area contributed by atoms with Crippen LogP contribution in [0.25, 0.3) is 0 Å². The molecule has 0 aliphatic heterocycles. The third-order valence-electron chi connectivity index (χ3n) is 4.10. The summed E-state index contributed by atoms with van der Waals surface area (Å²) in [4.78, 5) is 6.38. The summed E-state index contributed by atoms with van der Waals surface area (Å²) in [6, 6.07) is 20.4. The molecule has 0 saturated heterocycles. The highest BCUT2D eigenvalue weighted by Gasteiger charge is 2.13. The van der Waals surface area contributed by atoms with Crippen molar-refractivity contribution in [3.8, 4) is 0 Å². The van der Waals surface area contributed by atoms with Crippen LogP contribution in [0.15, 0.2) is 77.5 Å². The number of hydrogen-bond donors (Lipinski definition) is 1. The zero-order valence-electron chi connectivity index (χ0n) is 14.5. The van der Waals surface area contributed by atoms with E-state index < -0.39 is 0 Å². The van der Waals surface area contributed by atoms with E-state index in [2.05, 4.69) is 68.4 Å². The molecule has 3 rings (SSSR count). The normalized spacial score (nSPS) is 10.4. The minimum absolute atomic E-state index is 0.694. The molecule has 0 unspecified atom stereocenters. The fourth-order valence-corrected chi connectivity index (χ4v) is 3.15. The molecule has 26 heavy (non-hydrogen) atoms. The zero-order chi connectivity index (χ0) is 18.4. The van der Waals surface area contributed by atoms with Crippen molar-refractivity contribution in [1.29, 1.82) is 0 Å². The number of aromatic nitrogens is 1. The minimum Gasteiger partial charge on any atom is -0.340 e. The Labute approximate surface area is 168 Å². The molecule has 0 aliphatic rings. The standard InChI is InChI=1S/C21H20BrN3S/c1-16-5-2-3-7-18(16)15-25(14-17-6-4-12-23-13-17)21(26)24-20-10-8-19(22)9-11-20/h2-13H,14-15H2,1H3,(H,24,26). The van der Waals surface area contributed by atoms with Crippen molar-refractivity contribution in [2.75, 3.05) is 5.32 Å². The number of thiocarbonyl (C=S) groups is 1. The second-order valence-corrected chi connectivity index (χ2v) is 7.38. The smallest absolute Gasteiger partial charge is 0.174 e. The number of nitrogens with zero attached hydrogens (tertiary/aromatic N) is 2.